The van der Waals surface area contributed by atoms with Crippen LogP contribution in [-0.2, 0) is 0 Å². The van der Waals surface area contributed by atoms with E-state index in [4.69, 9.17) is 0 Å². The molecule has 2 aromatic rings. The normalized spacial score (nSPS) is 10.9. The molecule has 0 atom stereocenters. The van der Waals surface area contributed by atoms with Crippen LogP contribution >= 0.6 is 33.9 Å². The molecule has 0 aliphatic rings. The summed E-state index contributed by atoms with van der Waals surface area (Å²) in [5, 5.41) is 3.30. The molecule has 0 bridgehead atoms. The minimum absolute atomic E-state index is 0.379. The van der Waals surface area contributed by atoms with Crippen LogP contribution in [0.25, 0.3) is 10.7 Å². The van der Waals surface area contributed by atoms with Crippen molar-refractivity contribution in [2.45, 2.75) is 26.7 Å². The van der Waals surface area contributed by atoms with E-state index in [0.717, 1.165) is 32.3 Å². The summed E-state index contributed by atoms with van der Waals surface area (Å²) in [7, 11) is 0. The lowest BCUT2D eigenvalue weighted by atomic mass is 10.1. The summed E-state index contributed by atoms with van der Waals surface area (Å²) < 4.78 is 1.11. The van der Waals surface area contributed by atoms with Crippen LogP contribution in [0.4, 0.5) is 5.82 Å². The molecule has 0 spiro atoms. The Hall–Kier alpha value is -0.760. The Morgan fingerprint density at radius 2 is 2.17 bits per heavy atom. The van der Waals surface area contributed by atoms with Crippen LogP contribution in [-0.4, -0.2) is 21.5 Å². The molecule has 4 nitrogen and oxygen atoms in total. The van der Waals surface area contributed by atoms with Crippen LogP contribution in [0, 0.1) is 3.57 Å². The second-order valence-electron chi connectivity index (χ2n) is 4.15. The van der Waals surface area contributed by atoms with Gasteiger partial charge in [-0.2, -0.15) is 0 Å². The Labute approximate surface area is 124 Å². The van der Waals surface area contributed by atoms with Gasteiger partial charge >= 0.3 is 0 Å². The molecule has 2 rings (SSSR count). The molecule has 6 heteroatoms. The number of rotatable bonds is 4. The highest BCUT2D eigenvalue weighted by Crippen LogP contribution is 2.29. The van der Waals surface area contributed by atoms with Gasteiger partial charge in [-0.25, -0.2) is 9.97 Å². The van der Waals surface area contributed by atoms with E-state index >= 15 is 0 Å². The Morgan fingerprint density at radius 3 is 2.72 bits per heavy atom. The molecule has 96 valence electrons. The number of aromatic nitrogens is 3. The number of halogens is 1. The van der Waals surface area contributed by atoms with E-state index in [1.807, 2.05) is 6.20 Å². The summed E-state index contributed by atoms with van der Waals surface area (Å²) in [6, 6.07) is 0. The van der Waals surface area contributed by atoms with Gasteiger partial charge in [-0.15, -0.1) is 11.3 Å². The van der Waals surface area contributed by atoms with E-state index < -0.39 is 0 Å². The van der Waals surface area contributed by atoms with Crippen molar-refractivity contribution in [2.75, 3.05) is 11.9 Å². The standard InChI is InChI=1S/C12H15IN4S/c1-4-15-12-9(13)10(7(2)3)16-11(17-12)8-5-14-6-18-8/h5-7H,4H2,1-3H3,(H,15,16,17). The summed E-state index contributed by atoms with van der Waals surface area (Å²) in [4.78, 5) is 14.4. The van der Waals surface area contributed by atoms with Crippen LogP contribution in [0.15, 0.2) is 11.7 Å². The van der Waals surface area contributed by atoms with E-state index in [1.54, 1.807) is 16.8 Å². The van der Waals surface area contributed by atoms with E-state index in [0.29, 0.717) is 5.92 Å². The molecule has 2 aromatic heterocycles. The average molecular weight is 374 g/mol. The molecule has 18 heavy (non-hydrogen) atoms. The fourth-order valence-electron chi connectivity index (χ4n) is 1.57. The lowest BCUT2D eigenvalue weighted by molar-refractivity contribution is 0.809. The van der Waals surface area contributed by atoms with E-state index in [2.05, 4.69) is 63.6 Å². The summed E-state index contributed by atoms with van der Waals surface area (Å²) in [6.07, 6.45) is 1.81. The topological polar surface area (TPSA) is 50.7 Å². The third-order valence-electron chi connectivity index (χ3n) is 2.42. The van der Waals surface area contributed by atoms with Crippen molar-refractivity contribution in [2.24, 2.45) is 0 Å². The zero-order valence-electron chi connectivity index (χ0n) is 10.6. The minimum atomic E-state index is 0.379. The molecular formula is C12H15IN4S. The molecule has 0 unspecified atom stereocenters. The summed E-state index contributed by atoms with van der Waals surface area (Å²) in [6.45, 7) is 7.22. The number of hydrogen-bond acceptors (Lipinski definition) is 5. The molecule has 0 aromatic carbocycles. The first-order valence-electron chi connectivity index (χ1n) is 5.83. The molecule has 0 radical (unpaired) electrons. The van der Waals surface area contributed by atoms with E-state index in [1.165, 1.54) is 0 Å². The molecule has 0 saturated heterocycles. The van der Waals surface area contributed by atoms with Gasteiger partial charge in [-0.1, -0.05) is 13.8 Å². The fraction of sp³-hybridized carbons (Fsp3) is 0.417. The maximum Gasteiger partial charge on any atom is 0.173 e. The summed E-state index contributed by atoms with van der Waals surface area (Å²) in [5.74, 6) is 2.06. The quantitative estimate of drug-likeness (QED) is 0.828. The molecule has 1 N–H and O–H groups in total. The van der Waals surface area contributed by atoms with Gasteiger partial charge in [0.15, 0.2) is 5.82 Å². The van der Waals surface area contributed by atoms with Crippen LogP contribution in [0.1, 0.15) is 32.4 Å². The first kappa shape index (κ1) is 13.7. The lowest BCUT2D eigenvalue weighted by Gasteiger charge is -2.13. The van der Waals surface area contributed by atoms with Gasteiger partial charge in [-0.05, 0) is 35.4 Å². The molecular weight excluding hydrogens is 359 g/mol. The minimum Gasteiger partial charge on any atom is -0.369 e. The van der Waals surface area contributed by atoms with Crippen LogP contribution in [0.2, 0.25) is 0 Å². The maximum absolute atomic E-state index is 4.67. The van der Waals surface area contributed by atoms with Gasteiger partial charge in [0.1, 0.15) is 5.82 Å². The van der Waals surface area contributed by atoms with Crippen LogP contribution in [0.3, 0.4) is 0 Å². The van der Waals surface area contributed by atoms with Crippen molar-refractivity contribution in [3.63, 3.8) is 0 Å². The monoisotopic (exact) mass is 374 g/mol. The smallest absolute Gasteiger partial charge is 0.173 e. The largest absolute Gasteiger partial charge is 0.369 e. The van der Waals surface area contributed by atoms with Gasteiger partial charge < -0.3 is 5.32 Å². The third-order valence-corrected chi connectivity index (χ3v) is 4.25. The van der Waals surface area contributed by atoms with Gasteiger partial charge in [0, 0.05) is 12.7 Å². The van der Waals surface area contributed by atoms with Crippen molar-refractivity contribution in [3.05, 3.63) is 21.0 Å². The highest BCUT2D eigenvalue weighted by atomic mass is 127. The number of hydrogen-bond donors (Lipinski definition) is 1. The Kier molecular flexibility index (Phi) is 4.50. The average Bonchev–Trinajstić information content (AvgIpc) is 2.85. The molecule has 0 aliphatic heterocycles. The van der Waals surface area contributed by atoms with E-state index in [9.17, 15) is 0 Å². The summed E-state index contributed by atoms with van der Waals surface area (Å²) in [5.41, 5.74) is 2.89. The number of anilines is 1. The van der Waals surface area contributed by atoms with Crippen LogP contribution < -0.4 is 5.32 Å². The third kappa shape index (κ3) is 2.80. The zero-order valence-corrected chi connectivity index (χ0v) is 13.5. The van der Waals surface area contributed by atoms with Gasteiger partial charge in [0.2, 0.25) is 0 Å². The van der Waals surface area contributed by atoms with Crippen molar-refractivity contribution in [3.8, 4) is 10.7 Å². The van der Waals surface area contributed by atoms with Crippen molar-refractivity contribution in [1.29, 1.82) is 0 Å². The maximum atomic E-state index is 4.67. The number of nitrogens with zero attached hydrogens (tertiary/aromatic N) is 3. The first-order valence-corrected chi connectivity index (χ1v) is 7.79. The highest BCUT2D eigenvalue weighted by molar-refractivity contribution is 14.1. The van der Waals surface area contributed by atoms with Gasteiger partial charge in [-0.3, -0.25) is 4.98 Å². The molecule has 0 fully saturated rings. The predicted molar refractivity (Wildman–Crippen MR) is 84.1 cm³/mol. The SMILES string of the molecule is CCNc1nc(-c2cncs2)nc(C(C)C)c1I. The first-order chi connectivity index (χ1) is 8.63. The van der Waals surface area contributed by atoms with Crippen molar-refractivity contribution in [1.82, 2.24) is 15.0 Å². The Balaban J connectivity index is 2.55. The van der Waals surface area contributed by atoms with E-state index in [-0.39, 0.29) is 0 Å². The number of nitrogens with one attached hydrogen (secondary N) is 1. The van der Waals surface area contributed by atoms with Crippen molar-refractivity contribution < 1.29 is 0 Å². The lowest BCUT2D eigenvalue weighted by Crippen LogP contribution is -2.08. The highest BCUT2D eigenvalue weighted by Gasteiger charge is 2.15. The second-order valence-corrected chi connectivity index (χ2v) is 6.11. The predicted octanol–water partition coefficient (Wildman–Crippen LogP) is 3.76. The Bertz CT molecular complexity index is 525. The summed E-state index contributed by atoms with van der Waals surface area (Å²) >= 11 is 3.88. The molecule has 0 amide bonds. The van der Waals surface area contributed by atoms with Crippen LogP contribution in [0.5, 0.6) is 0 Å². The molecule has 2 heterocycles. The second kappa shape index (κ2) is 5.92. The molecule has 0 saturated carbocycles. The van der Waals surface area contributed by atoms with Crippen molar-refractivity contribution >= 4 is 39.7 Å². The Morgan fingerprint density at radius 1 is 1.39 bits per heavy atom. The van der Waals surface area contributed by atoms with Gasteiger partial charge in [0.25, 0.3) is 0 Å². The zero-order chi connectivity index (χ0) is 13.1. The molecule has 0 aliphatic carbocycles. The number of thiazole rings is 1. The fourth-order valence-corrected chi connectivity index (χ4v) is 3.18. The van der Waals surface area contributed by atoms with Gasteiger partial charge in [0.05, 0.1) is 19.7 Å².